The van der Waals surface area contributed by atoms with Gasteiger partial charge in [0.25, 0.3) is 0 Å². The molecular formula is C15H16F3N3. The van der Waals surface area contributed by atoms with E-state index < -0.39 is 11.7 Å². The maximum atomic E-state index is 12.8. The molecule has 0 aliphatic carbocycles. The van der Waals surface area contributed by atoms with Gasteiger partial charge < -0.3 is 5.73 Å². The van der Waals surface area contributed by atoms with Gasteiger partial charge in [-0.3, -0.25) is 0 Å². The fourth-order valence-corrected chi connectivity index (χ4v) is 2.04. The summed E-state index contributed by atoms with van der Waals surface area (Å²) in [4.78, 5) is 8.52. The lowest BCUT2D eigenvalue weighted by Crippen LogP contribution is -2.07. The second-order valence-corrected chi connectivity index (χ2v) is 4.83. The maximum Gasteiger partial charge on any atom is 0.416 e. The van der Waals surface area contributed by atoms with Crippen LogP contribution in [0.5, 0.6) is 0 Å². The van der Waals surface area contributed by atoms with Crippen molar-refractivity contribution in [3.63, 3.8) is 0 Å². The zero-order chi connectivity index (χ0) is 15.6. The Bertz CT molecular complexity index is 651. The van der Waals surface area contributed by atoms with Gasteiger partial charge >= 0.3 is 6.18 Å². The van der Waals surface area contributed by atoms with Crippen molar-refractivity contribution in [3.05, 3.63) is 41.2 Å². The fourth-order valence-electron chi connectivity index (χ4n) is 2.04. The van der Waals surface area contributed by atoms with E-state index in [0.29, 0.717) is 34.9 Å². The molecular weight excluding hydrogens is 279 g/mol. The first-order chi connectivity index (χ1) is 9.82. The van der Waals surface area contributed by atoms with Crippen LogP contribution in [-0.4, -0.2) is 9.97 Å². The molecule has 2 N–H and O–H groups in total. The van der Waals surface area contributed by atoms with Gasteiger partial charge in [-0.15, -0.1) is 0 Å². The van der Waals surface area contributed by atoms with Gasteiger partial charge in [-0.25, -0.2) is 9.97 Å². The van der Waals surface area contributed by atoms with E-state index in [1.54, 1.807) is 13.0 Å². The van der Waals surface area contributed by atoms with Crippen molar-refractivity contribution in [3.8, 4) is 11.3 Å². The number of nitrogens with zero attached hydrogens (tertiary/aromatic N) is 2. The first-order valence-electron chi connectivity index (χ1n) is 6.63. The molecule has 0 atom stereocenters. The first-order valence-corrected chi connectivity index (χ1v) is 6.63. The number of hydrogen-bond acceptors (Lipinski definition) is 3. The van der Waals surface area contributed by atoms with E-state index in [-0.39, 0.29) is 0 Å². The molecule has 3 nitrogen and oxygen atoms in total. The molecule has 1 heterocycles. The highest BCUT2D eigenvalue weighted by Gasteiger charge is 2.30. The van der Waals surface area contributed by atoms with E-state index >= 15 is 0 Å². The lowest BCUT2D eigenvalue weighted by atomic mass is 10.0. The summed E-state index contributed by atoms with van der Waals surface area (Å²) in [7, 11) is 0. The summed E-state index contributed by atoms with van der Waals surface area (Å²) in [6, 6.07) is 5.09. The van der Waals surface area contributed by atoms with Gasteiger partial charge in [0.1, 0.15) is 11.6 Å². The molecule has 0 radical (unpaired) electrons. The van der Waals surface area contributed by atoms with Gasteiger partial charge in [0.2, 0.25) is 0 Å². The number of rotatable bonds is 3. The Morgan fingerprint density at radius 3 is 2.52 bits per heavy atom. The average Bonchev–Trinajstić information content (AvgIpc) is 2.42. The van der Waals surface area contributed by atoms with E-state index in [1.807, 2.05) is 6.92 Å². The van der Waals surface area contributed by atoms with Crippen molar-refractivity contribution in [2.45, 2.75) is 32.9 Å². The summed E-state index contributed by atoms with van der Waals surface area (Å²) in [5.41, 5.74) is 6.58. The molecule has 0 aliphatic heterocycles. The van der Waals surface area contributed by atoms with E-state index in [4.69, 9.17) is 5.73 Å². The van der Waals surface area contributed by atoms with E-state index in [9.17, 15) is 13.2 Å². The van der Waals surface area contributed by atoms with Crippen LogP contribution in [0.2, 0.25) is 0 Å². The number of alkyl halides is 3. The lowest BCUT2D eigenvalue weighted by molar-refractivity contribution is -0.137. The van der Waals surface area contributed by atoms with Gasteiger partial charge in [0.15, 0.2) is 0 Å². The summed E-state index contributed by atoms with van der Waals surface area (Å²) < 4.78 is 38.4. The fraction of sp³-hybridized carbons (Fsp3) is 0.333. The molecule has 2 aromatic rings. The molecule has 2 rings (SSSR count). The second kappa shape index (κ2) is 5.71. The highest BCUT2D eigenvalue weighted by atomic mass is 19.4. The van der Waals surface area contributed by atoms with Gasteiger partial charge in [-0.2, -0.15) is 13.2 Å². The lowest BCUT2D eigenvalue weighted by Gasteiger charge is -2.12. The number of aromatic nitrogens is 2. The molecule has 112 valence electrons. The zero-order valence-corrected chi connectivity index (χ0v) is 11.8. The highest BCUT2D eigenvalue weighted by Crippen LogP contribution is 2.33. The van der Waals surface area contributed by atoms with Crippen LogP contribution in [-0.2, 0) is 12.6 Å². The number of nitrogen functional groups attached to an aromatic ring is 1. The maximum absolute atomic E-state index is 12.8. The van der Waals surface area contributed by atoms with Crippen molar-refractivity contribution in [2.75, 3.05) is 5.73 Å². The molecule has 0 amide bonds. The van der Waals surface area contributed by atoms with Crippen molar-refractivity contribution in [2.24, 2.45) is 0 Å². The largest absolute Gasteiger partial charge is 0.416 e. The smallest absolute Gasteiger partial charge is 0.383 e. The summed E-state index contributed by atoms with van der Waals surface area (Å²) in [6.07, 6.45) is -2.91. The van der Waals surface area contributed by atoms with Crippen LogP contribution in [0.1, 0.15) is 30.3 Å². The molecule has 0 spiro atoms. The number of nitrogens with two attached hydrogens (primary N) is 1. The highest BCUT2D eigenvalue weighted by molar-refractivity contribution is 5.68. The zero-order valence-electron chi connectivity index (χ0n) is 11.8. The second-order valence-electron chi connectivity index (χ2n) is 4.83. The Labute approximate surface area is 121 Å². The molecule has 0 fully saturated rings. The predicted octanol–water partition coefficient (Wildman–Crippen LogP) is 4.01. The van der Waals surface area contributed by atoms with E-state index in [1.165, 1.54) is 6.07 Å². The Balaban J connectivity index is 2.56. The number of anilines is 1. The van der Waals surface area contributed by atoms with Gasteiger partial charge in [0, 0.05) is 17.5 Å². The average molecular weight is 295 g/mol. The predicted molar refractivity (Wildman–Crippen MR) is 75.6 cm³/mol. The summed E-state index contributed by atoms with van der Waals surface area (Å²) in [5, 5.41) is 0. The number of halogens is 3. The first kappa shape index (κ1) is 15.3. The third-order valence-corrected chi connectivity index (χ3v) is 3.17. The third kappa shape index (κ3) is 3.32. The van der Waals surface area contributed by atoms with Crippen LogP contribution in [0, 0.1) is 6.92 Å². The minimum atomic E-state index is -4.38. The minimum absolute atomic E-state index is 0.306. The number of hydrogen-bond donors (Lipinski definition) is 1. The quantitative estimate of drug-likeness (QED) is 0.931. The molecule has 1 aromatic heterocycles. The third-order valence-electron chi connectivity index (χ3n) is 3.17. The summed E-state index contributed by atoms with van der Waals surface area (Å²) in [6.45, 7) is 3.68. The number of aryl methyl sites for hydroxylation is 1. The topological polar surface area (TPSA) is 51.8 Å². The van der Waals surface area contributed by atoms with Crippen molar-refractivity contribution in [1.29, 1.82) is 0 Å². The van der Waals surface area contributed by atoms with Crippen LogP contribution >= 0.6 is 0 Å². The Morgan fingerprint density at radius 1 is 1.19 bits per heavy atom. The molecule has 0 aliphatic rings. The van der Waals surface area contributed by atoms with Crippen LogP contribution in [0.3, 0.4) is 0 Å². The van der Waals surface area contributed by atoms with Crippen molar-refractivity contribution < 1.29 is 13.2 Å². The monoisotopic (exact) mass is 295 g/mol. The van der Waals surface area contributed by atoms with Crippen LogP contribution in [0.15, 0.2) is 24.3 Å². The molecule has 0 saturated carbocycles. The molecule has 0 unspecified atom stereocenters. The molecule has 6 heteroatoms. The summed E-state index contributed by atoms with van der Waals surface area (Å²) in [5.74, 6) is 0.855. The minimum Gasteiger partial charge on any atom is -0.383 e. The van der Waals surface area contributed by atoms with Gasteiger partial charge in [-0.1, -0.05) is 19.1 Å². The molecule has 0 saturated heterocycles. The molecule has 21 heavy (non-hydrogen) atoms. The van der Waals surface area contributed by atoms with Gasteiger partial charge in [-0.05, 0) is 25.5 Å². The van der Waals surface area contributed by atoms with E-state index in [0.717, 1.165) is 18.6 Å². The normalized spacial score (nSPS) is 11.7. The van der Waals surface area contributed by atoms with Crippen molar-refractivity contribution >= 4 is 5.82 Å². The summed E-state index contributed by atoms with van der Waals surface area (Å²) >= 11 is 0. The van der Waals surface area contributed by atoms with Crippen molar-refractivity contribution in [1.82, 2.24) is 9.97 Å². The number of benzene rings is 1. The standard InChI is InChI=1S/C15H16F3N3/c1-3-5-12-20-13(9(2)14(19)21-12)10-6-4-7-11(8-10)15(16,17)18/h4,6-8H,3,5H2,1-2H3,(H2,19,20,21). The Kier molecular flexibility index (Phi) is 4.16. The molecule has 1 aromatic carbocycles. The van der Waals surface area contributed by atoms with Crippen LogP contribution in [0.25, 0.3) is 11.3 Å². The van der Waals surface area contributed by atoms with E-state index in [2.05, 4.69) is 9.97 Å². The Morgan fingerprint density at radius 2 is 1.90 bits per heavy atom. The molecule has 0 bridgehead atoms. The van der Waals surface area contributed by atoms with Gasteiger partial charge in [0.05, 0.1) is 11.3 Å². The van der Waals surface area contributed by atoms with Crippen LogP contribution < -0.4 is 5.73 Å². The SMILES string of the molecule is CCCc1nc(N)c(C)c(-c2cccc(C(F)(F)F)c2)n1. The Hall–Kier alpha value is -2.11. The van der Waals surface area contributed by atoms with Crippen LogP contribution in [0.4, 0.5) is 19.0 Å².